The highest BCUT2D eigenvalue weighted by Crippen LogP contribution is 2.16. The van der Waals surface area contributed by atoms with Gasteiger partial charge in [-0.15, -0.1) is 0 Å². The van der Waals surface area contributed by atoms with E-state index in [9.17, 15) is 17.2 Å². The van der Waals surface area contributed by atoms with Crippen molar-refractivity contribution in [2.24, 2.45) is 0 Å². The summed E-state index contributed by atoms with van der Waals surface area (Å²) in [7, 11) is -3.99. The number of nitrogens with zero attached hydrogens (tertiary/aromatic N) is 4. The molecule has 1 aromatic carbocycles. The first kappa shape index (κ1) is 16.0. The summed E-state index contributed by atoms with van der Waals surface area (Å²) < 4.78 is 54.7. The standard InChI is InChI=1S/C14H11F2N5O2S/c15-11-2-3-12(16)10(6-11)8-24(22,23)20-13-7-14(18-9-17-13)21-5-1-4-19-21/h1-7,9H,8H2,(H,17,18,20). The fourth-order valence-corrected chi connectivity index (χ4v) is 3.12. The van der Waals surface area contributed by atoms with Crippen molar-refractivity contribution in [2.45, 2.75) is 5.75 Å². The summed E-state index contributed by atoms with van der Waals surface area (Å²) in [6.45, 7) is 0. The van der Waals surface area contributed by atoms with E-state index in [0.29, 0.717) is 5.82 Å². The minimum atomic E-state index is -3.99. The van der Waals surface area contributed by atoms with Gasteiger partial charge in [-0.05, 0) is 24.3 Å². The Labute approximate surface area is 136 Å². The van der Waals surface area contributed by atoms with E-state index in [1.54, 1.807) is 18.5 Å². The lowest BCUT2D eigenvalue weighted by Gasteiger charge is -2.09. The van der Waals surface area contributed by atoms with Gasteiger partial charge in [0, 0.05) is 24.0 Å². The Morgan fingerprint density at radius 2 is 2.00 bits per heavy atom. The molecule has 2 heterocycles. The van der Waals surface area contributed by atoms with Crippen molar-refractivity contribution in [1.82, 2.24) is 19.7 Å². The molecule has 0 atom stereocenters. The Bertz CT molecular complexity index is 961. The molecule has 7 nitrogen and oxygen atoms in total. The molecule has 0 aliphatic carbocycles. The molecule has 124 valence electrons. The summed E-state index contributed by atoms with van der Waals surface area (Å²) in [5.41, 5.74) is -0.274. The highest BCUT2D eigenvalue weighted by molar-refractivity contribution is 7.91. The van der Waals surface area contributed by atoms with Crippen LogP contribution in [-0.2, 0) is 15.8 Å². The molecule has 0 saturated heterocycles. The molecular formula is C14H11F2N5O2S. The lowest BCUT2D eigenvalue weighted by molar-refractivity contribution is 0.581. The van der Waals surface area contributed by atoms with Crippen LogP contribution in [0.1, 0.15) is 5.56 Å². The minimum absolute atomic E-state index is 0.00712. The van der Waals surface area contributed by atoms with E-state index in [1.807, 2.05) is 0 Å². The summed E-state index contributed by atoms with van der Waals surface area (Å²) >= 11 is 0. The van der Waals surface area contributed by atoms with E-state index < -0.39 is 27.4 Å². The van der Waals surface area contributed by atoms with Crippen molar-refractivity contribution in [3.8, 4) is 5.82 Å². The van der Waals surface area contributed by atoms with Crippen LogP contribution >= 0.6 is 0 Å². The van der Waals surface area contributed by atoms with Crippen LogP contribution in [0.25, 0.3) is 5.82 Å². The molecule has 0 spiro atoms. The largest absolute Gasteiger partial charge is 0.267 e. The van der Waals surface area contributed by atoms with Crippen LogP contribution in [0.15, 0.2) is 49.1 Å². The third kappa shape index (κ3) is 3.71. The summed E-state index contributed by atoms with van der Waals surface area (Å²) in [5, 5.41) is 3.97. The second kappa shape index (κ2) is 6.32. The Hall–Kier alpha value is -2.88. The molecule has 3 aromatic rings. The monoisotopic (exact) mass is 351 g/mol. The fourth-order valence-electron chi connectivity index (χ4n) is 1.99. The van der Waals surface area contributed by atoms with Gasteiger partial charge in [-0.3, -0.25) is 4.72 Å². The number of anilines is 1. The first-order chi connectivity index (χ1) is 11.4. The zero-order valence-corrected chi connectivity index (χ0v) is 12.9. The molecule has 0 aliphatic rings. The highest BCUT2D eigenvalue weighted by atomic mass is 32.2. The zero-order chi connectivity index (χ0) is 17.2. The average molecular weight is 351 g/mol. The van der Waals surface area contributed by atoms with E-state index in [2.05, 4.69) is 19.8 Å². The van der Waals surface area contributed by atoms with Crippen LogP contribution in [0.2, 0.25) is 0 Å². The van der Waals surface area contributed by atoms with Crippen LogP contribution in [0.4, 0.5) is 14.6 Å². The topological polar surface area (TPSA) is 89.8 Å². The third-order valence-electron chi connectivity index (χ3n) is 3.01. The van der Waals surface area contributed by atoms with Crippen molar-refractivity contribution >= 4 is 15.8 Å². The fraction of sp³-hybridized carbons (Fsp3) is 0.0714. The van der Waals surface area contributed by atoms with Gasteiger partial charge in [0.2, 0.25) is 10.0 Å². The molecule has 2 aromatic heterocycles. The predicted molar refractivity (Wildman–Crippen MR) is 81.8 cm³/mol. The molecule has 10 heteroatoms. The van der Waals surface area contributed by atoms with E-state index in [4.69, 9.17) is 0 Å². The molecule has 0 unspecified atom stereocenters. The van der Waals surface area contributed by atoms with E-state index in [1.165, 1.54) is 10.7 Å². The lowest BCUT2D eigenvalue weighted by atomic mass is 10.2. The van der Waals surface area contributed by atoms with Gasteiger partial charge in [-0.1, -0.05) is 0 Å². The third-order valence-corrected chi connectivity index (χ3v) is 4.22. The van der Waals surface area contributed by atoms with Crippen molar-refractivity contribution in [2.75, 3.05) is 4.72 Å². The molecule has 0 fully saturated rings. The maximum atomic E-state index is 13.6. The number of benzene rings is 1. The molecule has 0 aliphatic heterocycles. The summed E-state index contributed by atoms with van der Waals surface area (Å²) in [6.07, 6.45) is 4.33. The van der Waals surface area contributed by atoms with E-state index in [0.717, 1.165) is 24.5 Å². The van der Waals surface area contributed by atoms with Gasteiger partial charge in [-0.25, -0.2) is 31.8 Å². The van der Waals surface area contributed by atoms with Gasteiger partial charge in [0.25, 0.3) is 0 Å². The van der Waals surface area contributed by atoms with Crippen LogP contribution in [-0.4, -0.2) is 28.2 Å². The summed E-state index contributed by atoms with van der Waals surface area (Å²) in [5.74, 6) is -1.90. The zero-order valence-electron chi connectivity index (χ0n) is 12.1. The van der Waals surface area contributed by atoms with Crippen molar-refractivity contribution in [3.63, 3.8) is 0 Å². The number of nitrogens with one attached hydrogen (secondary N) is 1. The quantitative estimate of drug-likeness (QED) is 0.758. The molecule has 0 radical (unpaired) electrons. The number of rotatable bonds is 5. The second-order valence-electron chi connectivity index (χ2n) is 4.81. The maximum Gasteiger partial charge on any atom is 0.238 e. The number of aromatic nitrogens is 4. The first-order valence-electron chi connectivity index (χ1n) is 6.69. The molecule has 1 N–H and O–H groups in total. The van der Waals surface area contributed by atoms with E-state index in [-0.39, 0.29) is 11.4 Å². The van der Waals surface area contributed by atoms with Gasteiger partial charge in [-0.2, -0.15) is 5.10 Å². The Kier molecular flexibility index (Phi) is 4.21. The Balaban J connectivity index is 1.82. The van der Waals surface area contributed by atoms with Crippen molar-refractivity contribution in [3.05, 3.63) is 66.3 Å². The van der Waals surface area contributed by atoms with Crippen LogP contribution in [0, 0.1) is 11.6 Å². The SMILES string of the molecule is O=S(=O)(Cc1cc(F)ccc1F)Nc1cc(-n2cccn2)ncn1. The summed E-state index contributed by atoms with van der Waals surface area (Å²) in [4.78, 5) is 7.77. The van der Waals surface area contributed by atoms with Crippen LogP contribution in [0.3, 0.4) is 0 Å². The average Bonchev–Trinajstić information content (AvgIpc) is 3.05. The Morgan fingerprint density at radius 1 is 1.17 bits per heavy atom. The number of hydrogen-bond acceptors (Lipinski definition) is 5. The minimum Gasteiger partial charge on any atom is -0.267 e. The first-order valence-corrected chi connectivity index (χ1v) is 8.35. The summed E-state index contributed by atoms with van der Waals surface area (Å²) in [6, 6.07) is 5.68. The van der Waals surface area contributed by atoms with Crippen LogP contribution in [0.5, 0.6) is 0 Å². The van der Waals surface area contributed by atoms with Crippen molar-refractivity contribution in [1.29, 1.82) is 0 Å². The maximum absolute atomic E-state index is 13.6. The van der Waals surface area contributed by atoms with Gasteiger partial charge in [0.1, 0.15) is 23.8 Å². The highest BCUT2D eigenvalue weighted by Gasteiger charge is 2.16. The number of sulfonamides is 1. The second-order valence-corrected chi connectivity index (χ2v) is 6.53. The van der Waals surface area contributed by atoms with E-state index >= 15 is 0 Å². The van der Waals surface area contributed by atoms with Gasteiger partial charge in [0.15, 0.2) is 5.82 Å². The predicted octanol–water partition coefficient (Wildman–Crippen LogP) is 1.88. The molecule has 0 bridgehead atoms. The van der Waals surface area contributed by atoms with Crippen molar-refractivity contribution < 1.29 is 17.2 Å². The van der Waals surface area contributed by atoms with Gasteiger partial charge >= 0.3 is 0 Å². The molecule has 0 saturated carbocycles. The Morgan fingerprint density at radius 3 is 2.75 bits per heavy atom. The molecule has 0 amide bonds. The van der Waals surface area contributed by atoms with Gasteiger partial charge in [0.05, 0.1) is 5.75 Å². The normalized spacial score (nSPS) is 11.4. The van der Waals surface area contributed by atoms with Gasteiger partial charge < -0.3 is 0 Å². The number of halogens is 2. The molecular weight excluding hydrogens is 340 g/mol. The van der Waals surface area contributed by atoms with Crippen LogP contribution < -0.4 is 4.72 Å². The molecule has 3 rings (SSSR count). The number of hydrogen-bond donors (Lipinski definition) is 1. The smallest absolute Gasteiger partial charge is 0.238 e. The lowest BCUT2D eigenvalue weighted by Crippen LogP contribution is -2.17. The molecule has 24 heavy (non-hydrogen) atoms.